The van der Waals surface area contributed by atoms with Crippen LogP contribution in [0, 0.1) is 18.8 Å². The summed E-state index contributed by atoms with van der Waals surface area (Å²) in [5.41, 5.74) is 3.66. The second kappa shape index (κ2) is 6.23. The van der Waals surface area contributed by atoms with Gasteiger partial charge < -0.3 is 0 Å². The molecule has 3 rings (SSSR count). The molecule has 4 nitrogen and oxygen atoms in total. The molecule has 0 amide bonds. The molecule has 0 aromatic carbocycles. The fourth-order valence-electron chi connectivity index (χ4n) is 2.08. The fourth-order valence-corrected chi connectivity index (χ4v) is 2.08. The normalized spacial score (nSPS) is 10.1. The molecule has 0 saturated carbocycles. The molecule has 108 valence electrons. The van der Waals surface area contributed by atoms with E-state index in [-0.39, 0.29) is 0 Å². The lowest BCUT2D eigenvalue weighted by atomic mass is 10.2. The highest BCUT2D eigenvalue weighted by atomic mass is 15.3. The molecule has 0 aliphatic heterocycles. The molecule has 0 atom stereocenters. The summed E-state index contributed by atoms with van der Waals surface area (Å²) in [5.74, 6) is 6.86. The van der Waals surface area contributed by atoms with Gasteiger partial charge in [0.05, 0.1) is 0 Å². The first-order valence-corrected chi connectivity index (χ1v) is 7.21. The molecule has 3 heterocycles. The zero-order valence-electron chi connectivity index (χ0n) is 12.6. The average Bonchev–Trinajstić information content (AvgIpc) is 2.95. The van der Waals surface area contributed by atoms with Gasteiger partial charge in [-0.05, 0) is 55.0 Å². The topological polar surface area (TPSA) is 43.6 Å². The summed E-state index contributed by atoms with van der Waals surface area (Å²) in [6.07, 6.45) is 4.59. The van der Waals surface area contributed by atoms with E-state index in [0.717, 1.165) is 23.6 Å². The van der Waals surface area contributed by atoms with Crippen molar-refractivity contribution in [2.24, 2.45) is 0 Å². The van der Waals surface area contributed by atoms with Crippen LogP contribution in [0.4, 0.5) is 0 Å². The summed E-state index contributed by atoms with van der Waals surface area (Å²) in [5, 5.41) is 4.50. The zero-order valence-corrected chi connectivity index (χ0v) is 12.6. The number of hydrogen-bond acceptors (Lipinski definition) is 3. The SMILES string of the molecule is CCc1ccc(-n2nc(C#Cc3ccccn3)cc2C)nc1. The van der Waals surface area contributed by atoms with Crippen LogP contribution < -0.4 is 0 Å². The van der Waals surface area contributed by atoms with E-state index in [1.165, 1.54) is 5.56 Å². The number of aryl methyl sites for hydroxylation is 2. The van der Waals surface area contributed by atoms with E-state index >= 15 is 0 Å². The second-order valence-corrected chi connectivity index (χ2v) is 4.93. The Morgan fingerprint density at radius 3 is 2.59 bits per heavy atom. The van der Waals surface area contributed by atoms with Gasteiger partial charge in [-0.15, -0.1) is 0 Å². The molecule has 0 N–H and O–H groups in total. The molecule has 0 aliphatic rings. The maximum Gasteiger partial charge on any atom is 0.153 e. The monoisotopic (exact) mass is 288 g/mol. The third-order valence-electron chi connectivity index (χ3n) is 3.31. The average molecular weight is 288 g/mol. The molecule has 0 unspecified atom stereocenters. The maximum absolute atomic E-state index is 4.50. The Hall–Kier alpha value is -2.93. The minimum Gasteiger partial charge on any atom is -0.248 e. The van der Waals surface area contributed by atoms with Crippen molar-refractivity contribution in [3.05, 3.63) is 71.4 Å². The Morgan fingerprint density at radius 1 is 1.05 bits per heavy atom. The van der Waals surface area contributed by atoms with E-state index in [2.05, 4.69) is 39.9 Å². The van der Waals surface area contributed by atoms with Crippen LogP contribution in [0.1, 0.15) is 29.6 Å². The summed E-state index contributed by atoms with van der Waals surface area (Å²) in [7, 11) is 0. The van der Waals surface area contributed by atoms with E-state index in [9.17, 15) is 0 Å². The number of rotatable bonds is 2. The van der Waals surface area contributed by atoms with Crippen LogP contribution in [-0.4, -0.2) is 19.7 Å². The van der Waals surface area contributed by atoms with Crippen molar-refractivity contribution in [2.45, 2.75) is 20.3 Å². The molecule has 0 saturated heterocycles. The Bertz CT molecular complexity index is 821. The van der Waals surface area contributed by atoms with Crippen LogP contribution >= 0.6 is 0 Å². The highest BCUT2D eigenvalue weighted by Gasteiger charge is 2.05. The van der Waals surface area contributed by atoms with Gasteiger partial charge in [0.15, 0.2) is 5.82 Å². The summed E-state index contributed by atoms with van der Waals surface area (Å²) in [4.78, 5) is 8.63. The lowest BCUT2D eigenvalue weighted by Crippen LogP contribution is -2.02. The Balaban J connectivity index is 1.89. The minimum absolute atomic E-state index is 0.713. The van der Waals surface area contributed by atoms with E-state index < -0.39 is 0 Å². The smallest absolute Gasteiger partial charge is 0.153 e. The van der Waals surface area contributed by atoms with Gasteiger partial charge in [-0.3, -0.25) is 0 Å². The van der Waals surface area contributed by atoms with Gasteiger partial charge in [0.2, 0.25) is 0 Å². The predicted molar refractivity (Wildman–Crippen MR) is 85.7 cm³/mol. The van der Waals surface area contributed by atoms with Gasteiger partial charge in [-0.1, -0.05) is 19.1 Å². The van der Waals surface area contributed by atoms with E-state index in [1.54, 1.807) is 6.20 Å². The number of aromatic nitrogens is 4. The summed E-state index contributed by atoms with van der Waals surface area (Å²) in [6.45, 7) is 4.11. The van der Waals surface area contributed by atoms with Gasteiger partial charge in [0, 0.05) is 18.1 Å². The molecule has 0 spiro atoms. The van der Waals surface area contributed by atoms with E-state index in [1.807, 2.05) is 48.1 Å². The van der Waals surface area contributed by atoms with Gasteiger partial charge in [0.1, 0.15) is 11.4 Å². The molecular weight excluding hydrogens is 272 g/mol. The minimum atomic E-state index is 0.713. The van der Waals surface area contributed by atoms with E-state index in [4.69, 9.17) is 0 Å². The molecule has 0 bridgehead atoms. The predicted octanol–water partition coefficient (Wildman–Crippen LogP) is 2.93. The molecule has 0 radical (unpaired) electrons. The van der Waals surface area contributed by atoms with Crippen LogP contribution in [-0.2, 0) is 6.42 Å². The quantitative estimate of drug-likeness (QED) is 0.681. The van der Waals surface area contributed by atoms with Gasteiger partial charge >= 0.3 is 0 Å². The summed E-state index contributed by atoms with van der Waals surface area (Å²) in [6, 6.07) is 11.7. The van der Waals surface area contributed by atoms with Crippen LogP contribution in [0.5, 0.6) is 0 Å². The Morgan fingerprint density at radius 2 is 1.91 bits per heavy atom. The second-order valence-electron chi connectivity index (χ2n) is 4.93. The van der Waals surface area contributed by atoms with Crippen LogP contribution in [0.2, 0.25) is 0 Å². The summed E-state index contributed by atoms with van der Waals surface area (Å²) < 4.78 is 1.81. The van der Waals surface area contributed by atoms with Crippen molar-refractivity contribution in [2.75, 3.05) is 0 Å². The van der Waals surface area contributed by atoms with Crippen molar-refractivity contribution in [3.8, 4) is 17.7 Å². The maximum atomic E-state index is 4.50. The van der Waals surface area contributed by atoms with E-state index in [0.29, 0.717) is 5.69 Å². The standard InChI is InChI=1S/C18H16N4/c1-3-15-7-10-18(20-13-15)22-14(2)12-17(21-22)9-8-16-6-4-5-11-19-16/h4-7,10-13H,3H2,1-2H3. The fraction of sp³-hybridized carbons (Fsp3) is 0.167. The lowest BCUT2D eigenvalue weighted by Gasteiger charge is -2.03. The number of hydrogen-bond donors (Lipinski definition) is 0. The molecule has 0 fully saturated rings. The van der Waals surface area contributed by atoms with Crippen molar-refractivity contribution in [1.29, 1.82) is 0 Å². The number of nitrogens with zero attached hydrogens (tertiary/aromatic N) is 4. The summed E-state index contributed by atoms with van der Waals surface area (Å²) >= 11 is 0. The molecule has 22 heavy (non-hydrogen) atoms. The van der Waals surface area contributed by atoms with Crippen LogP contribution in [0.15, 0.2) is 48.8 Å². The van der Waals surface area contributed by atoms with Gasteiger partial charge in [0.25, 0.3) is 0 Å². The third kappa shape index (κ3) is 3.04. The molecule has 3 aromatic heterocycles. The molecule has 4 heteroatoms. The van der Waals surface area contributed by atoms with Crippen molar-refractivity contribution >= 4 is 0 Å². The largest absolute Gasteiger partial charge is 0.248 e. The molecule has 3 aromatic rings. The molecular formula is C18H16N4. The number of pyridine rings is 2. The van der Waals surface area contributed by atoms with Crippen LogP contribution in [0.3, 0.4) is 0 Å². The van der Waals surface area contributed by atoms with Gasteiger partial charge in [-0.2, -0.15) is 5.10 Å². The lowest BCUT2D eigenvalue weighted by molar-refractivity contribution is 0.811. The first-order chi connectivity index (χ1) is 10.8. The Kier molecular flexibility index (Phi) is 3.97. The Labute approximate surface area is 129 Å². The van der Waals surface area contributed by atoms with Crippen molar-refractivity contribution < 1.29 is 0 Å². The highest BCUT2D eigenvalue weighted by molar-refractivity contribution is 5.38. The van der Waals surface area contributed by atoms with Crippen molar-refractivity contribution in [1.82, 2.24) is 19.7 Å². The third-order valence-corrected chi connectivity index (χ3v) is 3.31. The first-order valence-electron chi connectivity index (χ1n) is 7.21. The highest BCUT2D eigenvalue weighted by Crippen LogP contribution is 2.10. The van der Waals surface area contributed by atoms with Gasteiger partial charge in [-0.25, -0.2) is 14.6 Å². The molecule has 0 aliphatic carbocycles. The zero-order chi connectivity index (χ0) is 15.4. The van der Waals surface area contributed by atoms with Crippen LogP contribution in [0.25, 0.3) is 5.82 Å². The first kappa shape index (κ1) is 14.0. The van der Waals surface area contributed by atoms with Crippen molar-refractivity contribution in [3.63, 3.8) is 0 Å².